The van der Waals surface area contributed by atoms with Gasteiger partial charge in [-0.1, -0.05) is 18.2 Å². The fourth-order valence-electron chi connectivity index (χ4n) is 3.06. The van der Waals surface area contributed by atoms with Crippen molar-refractivity contribution in [3.8, 4) is 11.5 Å². The van der Waals surface area contributed by atoms with E-state index in [0.717, 1.165) is 38.6 Å². The summed E-state index contributed by atoms with van der Waals surface area (Å²) >= 11 is 0. The van der Waals surface area contributed by atoms with Gasteiger partial charge in [0.05, 0.1) is 5.36 Å². The molecule has 0 aliphatic rings. The Kier molecular flexibility index (Phi) is 3.20. The van der Waals surface area contributed by atoms with Gasteiger partial charge in [-0.15, -0.1) is 0 Å². The monoisotopic (exact) mass is 318 g/mol. The zero-order chi connectivity index (χ0) is 16.8. The first kappa shape index (κ1) is 14.6. The third kappa shape index (κ3) is 2.19. The van der Waals surface area contributed by atoms with Crippen LogP contribution < -0.4 is 11.2 Å². The van der Waals surface area contributed by atoms with E-state index in [9.17, 15) is 0 Å². The number of hydrogen-bond acceptors (Lipinski definition) is 4. The SMILES string of the molecule is Cc1ccc2c(C)c(-c3c/c(=N\N)c4ccc(C)cc4o3)oc2c1. The Morgan fingerprint density at radius 2 is 1.42 bits per heavy atom. The molecular formula is C20H18N2O2. The minimum Gasteiger partial charge on any atom is -0.453 e. The molecular weight excluding hydrogens is 300 g/mol. The van der Waals surface area contributed by atoms with Crippen molar-refractivity contribution in [1.82, 2.24) is 0 Å². The summed E-state index contributed by atoms with van der Waals surface area (Å²) in [6.07, 6.45) is 0. The fraction of sp³-hybridized carbons (Fsp3) is 0.150. The van der Waals surface area contributed by atoms with Crippen LogP contribution in [0.25, 0.3) is 33.5 Å². The molecule has 4 nitrogen and oxygen atoms in total. The average Bonchev–Trinajstić information content (AvgIpc) is 2.89. The quantitative estimate of drug-likeness (QED) is 0.414. The van der Waals surface area contributed by atoms with Crippen LogP contribution in [0.15, 0.2) is 56.4 Å². The number of fused-ring (bicyclic) bond motifs is 2. The second-order valence-electron chi connectivity index (χ2n) is 6.18. The van der Waals surface area contributed by atoms with E-state index in [1.807, 2.05) is 51.1 Å². The molecule has 0 saturated heterocycles. The van der Waals surface area contributed by atoms with Crippen LogP contribution in [-0.2, 0) is 0 Å². The van der Waals surface area contributed by atoms with E-state index >= 15 is 0 Å². The molecule has 0 aliphatic carbocycles. The van der Waals surface area contributed by atoms with Crippen LogP contribution in [0.1, 0.15) is 16.7 Å². The third-order valence-electron chi connectivity index (χ3n) is 4.36. The summed E-state index contributed by atoms with van der Waals surface area (Å²) in [7, 11) is 0. The maximum Gasteiger partial charge on any atom is 0.173 e. The molecule has 2 heterocycles. The zero-order valence-electron chi connectivity index (χ0n) is 13.9. The van der Waals surface area contributed by atoms with E-state index in [4.69, 9.17) is 14.7 Å². The molecule has 4 heteroatoms. The third-order valence-corrected chi connectivity index (χ3v) is 4.36. The molecule has 0 spiro atoms. The van der Waals surface area contributed by atoms with Crippen molar-refractivity contribution in [2.45, 2.75) is 20.8 Å². The maximum atomic E-state index is 6.10. The van der Waals surface area contributed by atoms with Crippen molar-refractivity contribution in [2.24, 2.45) is 10.9 Å². The van der Waals surface area contributed by atoms with Gasteiger partial charge in [0, 0.05) is 22.4 Å². The maximum absolute atomic E-state index is 6.10. The normalized spacial score (nSPS) is 12.4. The summed E-state index contributed by atoms with van der Waals surface area (Å²) in [6.45, 7) is 6.10. The van der Waals surface area contributed by atoms with Crippen LogP contribution in [0.2, 0.25) is 0 Å². The van der Waals surface area contributed by atoms with E-state index in [1.165, 1.54) is 0 Å². The van der Waals surface area contributed by atoms with Gasteiger partial charge in [-0.2, -0.15) is 5.10 Å². The average molecular weight is 318 g/mol. The van der Waals surface area contributed by atoms with Gasteiger partial charge in [-0.05, 0) is 50.1 Å². The van der Waals surface area contributed by atoms with E-state index in [1.54, 1.807) is 0 Å². The van der Waals surface area contributed by atoms with E-state index in [2.05, 4.69) is 17.2 Å². The van der Waals surface area contributed by atoms with Crippen molar-refractivity contribution >= 4 is 21.9 Å². The number of nitrogens with two attached hydrogens (primary N) is 1. The highest BCUT2D eigenvalue weighted by Crippen LogP contribution is 2.34. The smallest absolute Gasteiger partial charge is 0.173 e. The molecule has 2 aromatic carbocycles. The van der Waals surface area contributed by atoms with E-state index in [0.29, 0.717) is 16.9 Å². The first-order valence-corrected chi connectivity index (χ1v) is 7.85. The molecule has 0 fully saturated rings. The van der Waals surface area contributed by atoms with Gasteiger partial charge in [0.15, 0.2) is 11.5 Å². The standard InChI is InChI=1S/C20H18N2O2/c1-11-4-6-14-13(3)20(24-17(14)8-11)19-10-16(22-21)15-7-5-12(2)9-18(15)23-19/h4-10H,21H2,1-3H3/b22-16+. The van der Waals surface area contributed by atoms with E-state index < -0.39 is 0 Å². The highest BCUT2D eigenvalue weighted by molar-refractivity contribution is 5.88. The first-order valence-electron chi connectivity index (χ1n) is 7.85. The summed E-state index contributed by atoms with van der Waals surface area (Å²) < 4.78 is 12.2. The Morgan fingerprint density at radius 1 is 0.792 bits per heavy atom. The summed E-state index contributed by atoms with van der Waals surface area (Å²) in [4.78, 5) is 0. The van der Waals surface area contributed by atoms with Crippen LogP contribution >= 0.6 is 0 Å². The summed E-state index contributed by atoms with van der Waals surface area (Å²) in [6, 6.07) is 14.0. The topological polar surface area (TPSA) is 64.7 Å². The molecule has 0 bridgehead atoms. The predicted octanol–water partition coefficient (Wildman–Crippen LogP) is 4.55. The Morgan fingerprint density at radius 3 is 2.08 bits per heavy atom. The molecule has 0 amide bonds. The van der Waals surface area contributed by atoms with Crippen LogP contribution in [0.4, 0.5) is 0 Å². The number of furan rings is 1. The number of benzene rings is 2. The first-order chi connectivity index (χ1) is 11.6. The second-order valence-corrected chi connectivity index (χ2v) is 6.18. The molecule has 4 rings (SSSR count). The largest absolute Gasteiger partial charge is 0.453 e. The molecule has 2 aromatic heterocycles. The van der Waals surface area contributed by atoms with Crippen molar-refractivity contribution in [1.29, 1.82) is 0 Å². The molecule has 0 atom stereocenters. The lowest BCUT2D eigenvalue weighted by atomic mass is 10.1. The molecule has 24 heavy (non-hydrogen) atoms. The second kappa shape index (κ2) is 5.27. The molecule has 4 aromatic rings. The van der Waals surface area contributed by atoms with E-state index in [-0.39, 0.29) is 0 Å². The van der Waals surface area contributed by atoms with Gasteiger partial charge >= 0.3 is 0 Å². The van der Waals surface area contributed by atoms with Crippen LogP contribution in [0.5, 0.6) is 0 Å². The predicted molar refractivity (Wildman–Crippen MR) is 95.4 cm³/mol. The van der Waals surface area contributed by atoms with Crippen LogP contribution in [0.3, 0.4) is 0 Å². The molecule has 0 saturated carbocycles. The number of aryl methyl sites for hydroxylation is 3. The highest BCUT2D eigenvalue weighted by Gasteiger charge is 2.16. The van der Waals surface area contributed by atoms with Gasteiger partial charge in [0.2, 0.25) is 0 Å². The lowest BCUT2D eigenvalue weighted by molar-refractivity contribution is 0.559. The van der Waals surface area contributed by atoms with Gasteiger partial charge in [0.25, 0.3) is 0 Å². The Hall–Kier alpha value is -3.01. The van der Waals surface area contributed by atoms with Gasteiger partial charge in [-0.3, -0.25) is 0 Å². The van der Waals surface area contributed by atoms with Crippen molar-refractivity contribution in [3.63, 3.8) is 0 Å². The fourth-order valence-corrected chi connectivity index (χ4v) is 3.06. The number of nitrogens with zero attached hydrogens (tertiary/aromatic N) is 1. The summed E-state index contributed by atoms with van der Waals surface area (Å²) in [5, 5.41) is 6.56. The lowest BCUT2D eigenvalue weighted by Gasteiger charge is -2.04. The minimum atomic E-state index is 0.628. The molecule has 2 N–H and O–H groups in total. The van der Waals surface area contributed by atoms with Gasteiger partial charge < -0.3 is 14.7 Å². The minimum absolute atomic E-state index is 0.628. The zero-order valence-corrected chi connectivity index (χ0v) is 13.9. The highest BCUT2D eigenvalue weighted by atomic mass is 16.4. The van der Waals surface area contributed by atoms with Gasteiger partial charge in [0.1, 0.15) is 11.2 Å². The molecule has 120 valence electrons. The van der Waals surface area contributed by atoms with Crippen LogP contribution in [-0.4, -0.2) is 0 Å². The summed E-state index contributed by atoms with van der Waals surface area (Å²) in [5.41, 5.74) is 4.92. The number of rotatable bonds is 1. The lowest BCUT2D eigenvalue weighted by Crippen LogP contribution is -2.07. The Labute approximate surface area is 139 Å². The molecule has 0 unspecified atom stereocenters. The molecule has 0 aliphatic heterocycles. The van der Waals surface area contributed by atoms with Crippen molar-refractivity contribution in [2.75, 3.05) is 0 Å². The van der Waals surface area contributed by atoms with Crippen molar-refractivity contribution in [3.05, 3.63) is 64.5 Å². The van der Waals surface area contributed by atoms with Crippen molar-refractivity contribution < 1.29 is 8.83 Å². The Bertz CT molecular complexity index is 1150. The Balaban J connectivity index is 2.05. The summed E-state index contributed by atoms with van der Waals surface area (Å²) in [5.74, 6) is 6.93. The molecule has 0 radical (unpaired) electrons. The number of hydrogen-bond donors (Lipinski definition) is 1. The van der Waals surface area contributed by atoms with Crippen LogP contribution in [0, 0.1) is 20.8 Å². The van der Waals surface area contributed by atoms with Gasteiger partial charge in [-0.25, -0.2) is 0 Å².